The standard InChI is InChI=1S/C15H30N2/c1-5-13-10-17(11-15(6-2)7-8-15)14(9-16-13)12(3)4/h12-14,16H,5-11H2,1-4H3. The number of nitrogens with zero attached hydrogens (tertiary/aromatic N) is 1. The van der Waals surface area contributed by atoms with Gasteiger partial charge in [0.25, 0.3) is 0 Å². The number of piperazine rings is 1. The SMILES string of the molecule is CCC1CN(CC2(CC)CC2)C(C(C)C)CN1. The molecule has 0 bridgehead atoms. The molecule has 0 amide bonds. The van der Waals surface area contributed by atoms with Crippen LogP contribution in [-0.2, 0) is 0 Å². The lowest BCUT2D eigenvalue weighted by Gasteiger charge is -2.44. The molecule has 0 aromatic rings. The first-order valence-corrected chi connectivity index (χ1v) is 7.57. The summed E-state index contributed by atoms with van der Waals surface area (Å²) < 4.78 is 0. The molecule has 2 fully saturated rings. The maximum Gasteiger partial charge on any atom is 0.0244 e. The zero-order valence-corrected chi connectivity index (χ0v) is 12.1. The van der Waals surface area contributed by atoms with Gasteiger partial charge >= 0.3 is 0 Å². The summed E-state index contributed by atoms with van der Waals surface area (Å²) in [5, 5.41) is 3.71. The highest BCUT2D eigenvalue weighted by atomic mass is 15.2. The van der Waals surface area contributed by atoms with Crippen molar-refractivity contribution in [1.29, 1.82) is 0 Å². The first-order chi connectivity index (χ1) is 8.10. The van der Waals surface area contributed by atoms with E-state index in [-0.39, 0.29) is 0 Å². The number of hydrogen-bond donors (Lipinski definition) is 1. The summed E-state index contributed by atoms with van der Waals surface area (Å²) in [5.41, 5.74) is 0.697. The van der Waals surface area contributed by atoms with Gasteiger partial charge < -0.3 is 5.32 Å². The maximum atomic E-state index is 3.71. The normalized spacial score (nSPS) is 33.0. The predicted octanol–water partition coefficient (Wildman–Crippen LogP) is 2.89. The van der Waals surface area contributed by atoms with Crippen LogP contribution in [0.15, 0.2) is 0 Å². The van der Waals surface area contributed by atoms with Crippen molar-refractivity contribution in [2.75, 3.05) is 19.6 Å². The molecule has 2 unspecified atom stereocenters. The summed E-state index contributed by atoms with van der Waals surface area (Å²) in [7, 11) is 0. The first-order valence-electron chi connectivity index (χ1n) is 7.57. The third-order valence-electron chi connectivity index (χ3n) is 5.05. The fourth-order valence-corrected chi connectivity index (χ4v) is 3.24. The van der Waals surface area contributed by atoms with Crippen LogP contribution in [0.2, 0.25) is 0 Å². The second-order valence-electron chi connectivity index (χ2n) is 6.61. The first kappa shape index (κ1) is 13.4. The van der Waals surface area contributed by atoms with Crippen LogP contribution in [0.25, 0.3) is 0 Å². The van der Waals surface area contributed by atoms with Crippen LogP contribution in [0.3, 0.4) is 0 Å². The van der Waals surface area contributed by atoms with Gasteiger partial charge in [0.2, 0.25) is 0 Å². The lowest BCUT2D eigenvalue weighted by Crippen LogP contribution is -2.59. The van der Waals surface area contributed by atoms with Crippen LogP contribution in [0, 0.1) is 11.3 Å². The van der Waals surface area contributed by atoms with E-state index in [4.69, 9.17) is 0 Å². The van der Waals surface area contributed by atoms with E-state index in [1.165, 1.54) is 45.3 Å². The van der Waals surface area contributed by atoms with Crippen molar-refractivity contribution in [3.8, 4) is 0 Å². The molecule has 17 heavy (non-hydrogen) atoms. The van der Waals surface area contributed by atoms with E-state index < -0.39 is 0 Å². The van der Waals surface area contributed by atoms with Gasteiger partial charge in [0.1, 0.15) is 0 Å². The minimum atomic E-state index is 0.697. The van der Waals surface area contributed by atoms with Crippen molar-refractivity contribution in [2.45, 2.75) is 65.5 Å². The van der Waals surface area contributed by atoms with Gasteiger partial charge in [-0.25, -0.2) is 0 Å². The average molecular weight is 238 g/mol. The summed E-state index contributed by atoms with van der Waals surface area (Å²) in [4.78, 5) is 2.80. The monoisotopic (exact) mass is 238 g/mol. The molecule has 2 atom stereocenters. The molecule has 2 aliphatic rings. The molecule has 1 aliphatic carbocycles. The Morgan fingerprint density at radius 2 is 2.00 bits per heavy atom. The lowest BCUT2D eigenvalue weighted by molar-refractivity contribution is 0.0745. The van der Waals surface area contributed by atoms with Crippen LogP contribution < -0.4 is 5.32 Å². The van der Waals surface area contributed by atoms with E-state index >= 15 is 0 Å². The Hall–Kier alpha value is -0.0800. The summed E-state index contributed by atoms with van der Waals surface area (Å²) in [5.74, 6) is 0.771. The Bertz CT molecular complexity index is 245. The minimum absolute atomic E-state index is 0.697. The zero-order chi connectivity index (χ0) is 12.5. The van der Waals surface area contributed by atoms with Gasteiger partial charge in [-0.05, 0) is 37.0 Å². The molecule has 1 N–H and O–H groups in total. The fourth-order valence-electron chi connectivity index (χ4n) is 3.24. The summed E-state index contributed by atoms with van der Waals surface area (Å²) in [6.45, 7) is 13.2. The number of hydrogen-bond acceptors (Lipinski definition) is 2. The van der Waals surface area contributed by atoms with Crippen molar-refractivity contribution in [3.63, 3.8) is 0 Å². The molecule has 0 spiro atoms. The average Bonchev–Trinajstić information content (AvgIpc) is 3.09. The highest BCUT2D eigenvalue weighted by Gasteiger charge is 2.44. The van der Waals surface area contributed by atoms with Crippen molar-refractivity contribution in [1.82, 2.24) is 10.2 Å². The van der Waals surface area contributed by atoms with Gasteiger partial charge in [-0.1, -0.05) is 27.7 Å². The maximum absolute atomic E-state index is 3.71. The largest absolute Gasteiger partial charge is 0.311 e. The molecule has 1 saturated carbocycles. The van der Waals surface area contributed by atoms with Gasteiger partial charge in [-0.3, -0.25) is 4.90 Å². The molecule has 1 saturated heterocycles. The van der Waals surface area contributed by atoms with E-state index in [0.717, 1.165) is 18.0 Å². The second-order valence-corrected chi connectivity index (χ2v) is 6.61. The molecule has 2 heteroatoms. The third-order valence-corrected chi connectivity index (χ3v) is 5.05. The van der Waals surface area contributed by atoms with E-state index in [1.54, 1.807) is 0 Å². The van der Waals surface area contributed by atoms with Crippen molar-refractivity contribution >= 4 is 0 Å². The second kappa shape index (κ2) is 5.27. The Morgan fingerprint density at radius 3 is 2.47 bits per heavy atom. The topological polar surface area (TPSA) is 15.3 Å². The Balaban J connectivity index is 1.98. The van der Waals surface area contributed by atoms with Gasteiger partial charge in [-0.2, -0.15) is 0 Å². The summed E-state index contributed by atoms with van der Waals surface area (Å²) in [6.07, 6.45) is 5.57. The molecule has 1 heterocycles. The molecule has 0 radical (unpaired) electrons. The van der Waals surface area contributed by atoms with Crippen molar-refractivity contribution in [2.24, 2.45) is 11.3 Å². The Kier molecular flexibility index (Phi) is 4.14. The fraction of sp³-hybridized carbons (Fsp3) is 1.00. The van der Waals surface area contributed by atoms with Crippen LogP contribution in [-0.4, -0.2) is 36.6 Å². The smallest absolute Gasteiger partial charge is 0.0244 e. The van der Waals surface area contributed by atoms with E-state index in [2.05, 4.69) is 37.9 Å². The number of rotatable bonds is 5. The molecular formula is C15H30N2. The predicted molar refractivity (Wildman–Crippen MR) is 74.2 cm³/mol. The molecule has 0 aromatic carbocycles. The zero-order valence-electron chi connectivity index (χ0n) is 12.1. The highest BCUT2D eigenvalue weighted by molar-refractivity contribution is 4.98. The third kappa shape index (κ3) is 3.03. The Labute approximate surface area is 107 Å². The molecule has 1 aliphatic heterocycles. The van der Waals surface area contributed by atoms with E-state index in [9.17, 15) is 0 Å². The van der Waals surface area contributed by atoms with E-state index in [0.29, 0.717) is 5.41 Å². The Morgan fingerprint density at radius 1 is 1.29 bits per heavy atom. The van der Waals surface area contributed by atoms with Crippen LogP contribution in [0.1, 0.15) is 53.4 Å². The van der Waals surface area contributed by atoms with Crippen LogP contribution in [0.5, 0.6) is 0 Å². The summed E-state index contributed by atoms with van der Waals surface area (Å²) >= 11 is 0. The molecule has 2 nitrogen and oxygen atoms in total. The van der Waals surface area contributed by atoms with Crippen molar-refractivity contribution in [3.05, 3.63) is 0 Å². The summed E-state index contributed by atoms with van der Waals surface area (Å²) in [6, 6.07) is 1.47. The van der Waals surface area contributed by atoms with Gasteiger partial charge in [-0.15, -0.1) is 0 Å². The lowest BCUT2D eigenvalue weighted by atomic mass is 9.94. The molecule has 0 aromatic heterocycles. The molecular weight excluding hydrogens is 208 g/mol. The van der Waals surface area contributed by atoms with E-state index in [1.807, 2.05) is 0 Å². The van der Waals surface area contributed by atoms with Gasteiger partial charge in [0, 0.05) is 31.7 Å². The minimum Gasteiger partial charge on any atom is -0.311 e. The van der Waals surface area contributed by atoms with Crippen molar-refractivity contribution < 1.29 is 0 Å². The van der Waals surface area contributed by atoms with Gasteiger partial charge in [0.15, 0.2) is 0 Å². The van der Waals surface area contributed by atoms with Crippen LogP contribution >= 0.6 is 0 Å². The quantitative estimate of drug-likeness (QED) is 0.792. The van der Waals surface area contributed by atoms with Gasteiger partial charge in [0.05, 0.1) is 0 Å². The van der Waals surface area contributed by atoms with Crippen LogP contribution in [0.4, 0.5) is 0 Å². The highest BCUT2D eigenvalue weighted by Crippen LogP contribution is 2.49. The molecule has 2 rings (SSSR count). The molecule has 100 valence electrons. The number of nitrogens with one attached hydrogen (secondary N) is 1.